The molecule has 39 heavy (non-hydrogen) atoms. The molecular formula is C28H30F5N3O2S. The molecule has 0 aliphatic carbocycles. The van der Waals surface area contributed by atoms with Crippen molar-refractivity contribution >= 4 is 17.4 Å². The zero-order chi connectivity index (χ0) is 28.5. The van der Waals surface area contributed by atoms with Crippen molar-refractivity contribution in [3.05, 3.63) is 82.1 Å². The first-order valence-corrected chi connectivity index (χ1v) is 13.3. The number of pyridine rings is 1. The van der Waals surface area contributed by atoms with Gasteiger partial charge in [0.15, 0.2) is 5.13 Å². The molecule has 1 fully saturated rings. The summed E-state index contributed by atoms with van der Waals surface area (Å²) in [5.41, 5.74) is -1.32. The number of rotatable bonds is 8. The van der Waals surface area contributed by atoms with E-state index in [2.05, 4.69) is 4.98 Å². The van der Waals surface area contributed by atoms with Crippen LogP contribution in [0.4, 0.5) is 26.7 Å². The minimum atomic E-state index is -5.46. The van der Waals surface area contributed by atoms with Gasteiger partial charge < -0.3 is 4.74 Å². The highest BCUT2D eigenvalue weighted by Gasteiger charge is 2.71. The quantitative estimate of drug-likeness (QED) is 0.232. The average Bonchev–Trinajstić information content (AvgIpc) is 3.50. The molecule has 4 rings (SSSR count). The zero-order valence-electron chi connectivity index (χ0n) is 21.8. The third-order valence-corrected chi connectivity index (χ3v) is 8.52. The lowest BCUT2D eigenvalue weighted by molar-refractivity contribution is -0.280. The molecule has 0 bridgehead atoms. The number of aryl methyl sites for hydroxylation is 2. The number of halogens is 5. The summed E-state index contributed by atoms with van der Waals surface area (Å²) in [7, 11) is 0. The largest absolute Gasteiger partial charge is 0.442 e. The third-order valence-electron chi connectivity index (χ3n) is 7.59. The molecule has 1 aliphatic heterocycles. The number of alkyl halides is 4. The number of ether oxygens (including phenoxy) is 1. The van der Waals surface area contributed by atoms with E-state index in [1.54, 1.807) is 22.5 Å². The first-order valence-electron chi connectivity index (χ1n) is 12.5. The first kappa shape index (κ1) is 28.9. The molecule has 3 heterocycles. The van der Waals surface area contributed by atoms with Gasteiger partial charge in [0.25, 0.3) is 5.79 Å². The maximum atomic E-state index is 16.7. The van der Waals surface area contributed by atoms with E-state index in [0.29, 0.717) is 4.88 Å². The fourth-order valence-corrected chi connectivity index (χ4v) is 5.86. The van der Waals surface area contributed by atoms with E-state index in [1.807, 2.05) is 32.9 Å². The highest BCUT2D eigenvalue weighted by molar-refractivity contribution is 7.10. The van der Waals surface area contributed by atoms with Crippen LogP contribution in [-0.4, -0.2) is 41.0 Å². The van der Waals surface area contributed by atoms with Crippen LogP contribution in [0, 0.1) is 17.5 Å². The number of amides is 1. The molecule has 3 aromatic rings. The third kappa shape index (κ3) is 5.94. The Bertz CT molecular complexity index is 1280. The predicted octanol–water partition coefficient (Wildman–Crippen LogP) is 7.17. The summed E-state index contributed by atoms with van der Waals surface area (Å²) < 4.78 is 79.4. The Labute approximate surface area is 228 Å². The number of hydrogen-bond acceptors (Lipinski definition) is 5. The van der Waals surface area contributed by atoms with Crippen LogP contribution in [0.2, 0.25) is 0 Å². The number of nitrogens with one attached hydrogen (secondary N) is 1. The van der Waals surface area contributed by atoms with E-state index in [4.69, 9.17) is 4.74 Å². The molecular weight excluding hydrogens is 537 g/mol. The van der Waals surface area contributed by atoms with E-state index in [0.717, 1.165) is 22.6 Å². The lowest BCUT2D eigenvalue weighted by Gasteiger charge is -2.45. The number of carbonyl (C=O) groups excluding carboxylic acids is 1. The van der Waals surface area contributed by atoms with Gasteiger partial charge in [-0.05, 0) is 82.5 Å². The van der Waals surface area contributed by atoms with Crippen molar-refractivity contribution in [1.82, 2.24) is 15.2 Å². The number of benzene rings is 1. The molecule has 11 heteroatoms. The van der Waals surface area contributed by atoms with E-state index in [-0.39, 0.29) is 38.1 Å². The van der Waals surface area contributed by atoms with Gasteiger partial charge in [-0.3, -0.25) is 15.2 Å². The summed E-state index contributed by atoms with van der Waals surface area (Å²) in [4.78, 5) is 19.2. The number of aromatic nitrogens is 1. The number of thiophene rings is 1. The normalized spacial score (nSPS) is 20.0. The van der Waals surface area contributed by atoms with E-state index in [1.165, 1.54) is 36.4 Å². The number of para-hydroxylation sites is 1. The van der Waals surface area contributed by atoms with Gasteiger partial charge in [-0.15, -0.1) is 11.3 Å². The summed E-state index contributed by atoms with van der Waals surface area (Å²) in [6.45, 7) is 5.33. The second-order valence-corrected chi connectivity index (χ2v) is 11.5. The second kappa shape index (κ2) is 10.8. The zero-order valence-corrected chi connectivity index (χ0v) is 22.6. The van der Waals surface area contributed by atoms with Gasteiger partial charge in [0, 0.05) is 34.3 Å². The van der Waals surface area contributed by atoms with Crippen molar-refractivity contribution in [2.45, 2.75) is 57.5 Å². The highest BCUT2D eigenvalue weighted by atomic mass is 32.1. The second-order valence-electron chi connectivity index (χ2n) is 10.4. The first-order chi connectivity index (χ1) is 18.3. The van der Waals surface area contributed by atoms with Gasteiger partial charge >= 0.3 is 12.3 Å². The van der Waals surface area contributed by atoms with Crippen LogP contribution in [0.3, 0.4) is 0 Å². The summed E-state index contributed by atoms with van der Waals surface area (Å²) in [6, 6.07) is 13.8. The minimum absolute atomic E-state index is 0.00606. The van der Waals surface area contributed by atoms with Crippen LogP contribution in [0.1, 0.15) is 42.8 Å². The summed E-state index contributed by atoms with van der Waals surface area (Å²) in [5.74, 6) is -4.15. The number of hydrogen-bond donors (Lipinski definition) is 1. The van der Waals surface area contributed by atoms with Crippen molar-refractivity contribution in [2.75, 3.05) is 13.1 Å². The van der Waals surface area contributed by atoms with E-state index >= 15 is 4.39 Å². The highest BCUT2D eigenvalue weighted by Crippen LogP contribution is 2.54. The molecule has 0 saturated carbocycles. The van der Waals surface area contributed by atoms with Gasteiger partial charge in [-0.1, -0.05) is 24.3 Å². The topological polar surface area (TPSA) is 54.5 Å². The molecule has 2 atom stereocenters. The van der Waals surface area contributed by atoms with Gasteiger partial charge in [0.05, 0.1) is 0 Å². The summed E-state index contributed by atoms with van der Waals surface area (Å²) >= 11 is 0.804. The van der Waals surface area contributed by atoms with E-state index < -0.39 is 34.1 Å². The van der Waals surface area contributed by atoms with Crippen LogP contribution in [-0.2, 0) is 12.0 Å². The smallest absolute Gasteiger partial charge is 0.410 e. The van der Waals surface area contributed by atoms with Crippen molar-refractivity contribution in [2.24, 2.45) is 5.41 Å². The molecule has 1 unspecified atom stereocenters. The Morgan fingerprint density at radius 2 is 1.82 bits per heavy atom. The fourth-order valence-electron chi connectivity index (χ4n) is 5.13. The van der Waals surface area contributed by atoms with Crippen LogP contribution < -0.4 is 10.1 Å². The lowest BCUT2D eigenvalue weighted by atomic mass is 9.72. The lowest BCUT2D eigenvalue weighted by Crippen LogP contribution is -2.67. The maximum Gasteiger partial charge on any atom is 0.442 e. The molecule has 2 aromatic heterocycles. The number of nitrogens with zero attached hydrogens (tertiary/aromatic N) is 2. The maximum absolute atomic E-state index is 16.7. The van der Waals surface area contributed by atoms with Crippen LogP contribution in [0.25, 0.3) is 0 Å². The molecule has 1 saturated heterocycles. The molecule has 1 aromatic carbocycles. The van der Waals surface area contributed by atoms with Crippen LogP contribution in [0.5, 0.6) is 5.75 Å². The van der Waals surface area contributed by atoms with Gasteiger partial charge in [0.2, 0.25) is 0 Å². The van der Waals surface area contributed by atoms with Crippen molar-refractivity contribution in [1.29, 1.82) is 0 Å². The fraction of sp³-hybridized carbons (Fsp3) is 0.429. The van der Waals surface area contributed by atoms with E-state index in [9.17, 15) is 22.4 Å². The van der Waals surface area contributed by atoms with Crippen LogP contribution >= 0.6 is 11.3 Å². The van der Waals surface area contributed by atoms with Gasteiger partial charge in [0.1, 0.15) is 5.75 Å². The van der Waals surface area contributed by atoms with Crippen molar-refractivity contribution < 1.29 is 31.5 Å². The molecule has 1 aliphatic rings. The number of likely N-dealkylation sites (tertiary alicyclic amines) is 1. The Hall–Kier alpha value is -3.05. The van der Waals surface area contributed by atoms with Crippen molar-refractivity contribution in [3.8, 4) is 5.75 Å². The van der Waals surface area contributed by atoms with Gasteiger partial charge in [-0.2, -0.15) is 17.6 Å². The standard InChI is InChI=1S/C28H30F5N3O2S/c1-19-9-10-20(17-34-19)25(2,3)36-16-15-26(18-36,14-13-22-11-12-23(29)39-22)27(30,28(31,32)33)35-24(37)38-21-7-5-4-6-8-21/h4-12,17H,13-16,18H2,1-3H3,(H,35,37)/t26-,27?/m1/s1. The Morgan fingerprint density at radius 3 is 2.41 bits per heavy atom. The monoisotopic (exact) mass is 567 g/mol. The molecule has 0 radical (unpaired) electrons. The average molecular weight is 568 g/mol. The number of carbonyl (C=O) groups is 1. The summed E-state index contributed by atoms with van der Waals surface area (Å²) in [5, 5.41) is 1.08. The predicted molar refractivity (Wildman–Crippen MR) is 139 cm³/mol. The molecule has 5 nitrogen and oxygen atoms in total. The Kier molecular flexibility index (Phi) is 8.05. The molecule has 210 valence electrons. The Morgan fingerprint density at radius 1 is 1.10 bits per heavy atom. The Balaban J connectivity index is 1.69. The SMILES string of the molecule is Cc1ccc(C(C)(C)N2CC[C@@](CCc3ccc(F)s3)(C(F)(NC(=O)Oc3ccccc3)C(F)(F)F)C2)cn1. The van der Waals surface area contributed by atoms with Crippen molar-refractivity contribution in [3.63, 3.8) is 0 Å². The van der Waals surface area contributed by atoms with Crippen LogP contribution in [0.15, 0.2) is 60.8 Å². The summed E-state index contributed by atoms with van der Waals surface area (Å²) in [6.07, 6.45) is -5.84. The van der Waals surface area contributed by atoms with Gasteiger partial charge in [-0.25, -0.2) is 9.18 Å². The molecule has 1 amide bonds. The minimum Gasteiger partial charge on any atom is -0.410 e. The molecule has 0 spiro atoms. The molecule has 1 N–H and O–H groups in total.